The monoisotopic (exact) mass is 247 g/mol. The molecule has 0 fully saturated rings. The molecule has 0 heterocycles. The van der Waals surface area contributed by atoms with Gasteiger partial charge in [-0.05, 0) is 18.9 Å². The molecule has 0 aliphatic heterocycles. The van der Waals surface area contributed by atoms with Crippen LogP contribution in [0, 0.1) is 5.92 Å². The van der Waals surface area contributed by atoms with Crippen LogP contribution in [-0.2, 0) is 14.2 Å². The van der Waals surface area contributed by atoms with Crippen molar-refractivity contribution in [1.82, 2.24) is 5.32 Å². The molecule has 1 unspecified atom stereocenters. The molecule has 17 heavy (non-hydrogen) atoms. The molecule has 0 aromatic rings. The van der Waals surface area contributed by atoms with Crippen LogP contribution in [0.1, 0.15) is 27.2 Å². The van der Waals surface area contributed by atoms with Crippen LogP contribution < -0.4 is 5.32 Å². The molecule has 4 nitrogen and oxygen atoms in total. The lowest BCUT2D eigenvalue weighted by molar-refractivity contribution is -0.0273. The summed E-state index contributed by atoms with van der Waals surface area (Å²) in [7, 11) is 1.70. The average molecular weight is 247 g/mol. The Balaban J connectivity index is 3.52. The van der Waals surface area contributed by atoms with E-state index in [0.717, 1.165) is 26.1 Å². The summed E-state index contributed by atoms with van der Waals surface area (Å²) in [5, 5.41) is 3.38. The smallest absolute Gasteiger partial charge is 0.0933 e. The molecule has 0 saturated heterocycles. The molecule has 0 radical (unpaired) electrons. The van der Waals surface area contributed by atoms with E-state index in [4.69, 9.17) is 14.2 Å². The first-order valence-electron chi connectivity index (χ1n) is 6.59. The lowest BCUT2D eigenvalue weighted by Gasteiger charge is -2.18. The summed E-state index contributed by atoms with van der Waals surface area (Å²) < 4.78 is 16.2. The Hall–Kier alpha value is -0.160. The molecule has 0 amide bonds. The van der Waals surface area contributed by atoms with Crippen LogP contribution in [0.4, 0.5) is 0 Å². The second kappa shape index (κ2) is 12.3. The maximum absolute atomic E-state index is 5.70. The highest BCUT2D eigenvalue weighted by Crippen LogP contribution is 1.94. The van der Waals surface area contributed by atoms with Crippen LogP contribution in [-0.4, -0.2) is 52.7 Å². The Labute approximate surface area is 106 Å². The topological polar surface area (TPSA) is 39.7 Å². The molecule has 0 bridgehead atoms. The first-order valence-corrected chi connectivity index (χ1v) is 6.59. The molecule has 0 spiro atoms. The van der Waals surface area contributed by atoms with Crippen LogP contribution in [0.3, 0.4) is 0 Å². The zero-order valence-electron chi connectivity index (χ0n) is 11.8. The normalized spacial score (nSPS) is 13.2. The van der Waals surface area contributed by atoms with Crippen molar-refractivity contribution in [2.75, 3.05) is 46.6 Å². The fourth-order valence-corrected chi connectivity index (χ4v) is 1.40. The Morgan fingerprint density at radius 3 is 2.41 bits per heavy atom. The Bertz CT molecular complexity index is 154. The third kappa shape index (κ3) is 12.1. The molecule has 4 heteroatoms. The third-order valence-electron chi connectivity index (χ3n) is 2.21. The second-order valence-corrected chi connectivity index (χ2v) is 4.61. The lowest BCUT2D eigenvalue weighted by atomic mass is 10.2. The molecule has 0 aromatic carbocycles. The molecule has 0 aliphatic carbocycles. The summed E-state index contributed by atoms with van der Waals surface area (Å²) in [4.78, 5) is 0. The van der Waals surface area contributed by atoms with Crippen molar-refractivity contribution in [1.29, 1.82) is 0 Å². The van der Waals surface area contributed by atoms with Crippen LogP contribution in [0.15, 0.2) is 0 Å². The fourth-order valence-electron chi connectivity index (χ4n) is 1.40. The molecular formula is C13H29NO3. The second-order valence-electron chi connectivity index (χ2n) is 4.61. The van der Waals surface area contributed by atoms with Crippen molar-refractivity contribution in [3.05, 3.63) is 0 Å². The molecule has 0 aromatic heterocycles. The predicted octanol–water partition coefficient (Wildman–Crippen LogP) is 1.69. The minimum absolute atomic E-state index is 0.115. The van der Waals surface area contributed by atoms with Gasteiger partial charge in [-0.15, -0.1) is 0 Å². The molecule has 0 saturated carbocycles. The zero-order chi connectivity index (χ0) is 12.9. The molecule has 1 N–H and O–H groups in total. The summed E-state index contributed by atoms with van der Waals surface area (Å²) in [6.07, 6.45) is 1.17. The molecule has 0 aliphatic rings. The van der Waals surface area contributed by atoms with Gasteiger partial charge in [0.05, 0.1) is 25.9 Å². The van der Waals surface area contributed by atoms with Crippen molar-refractivity contribution in [3.63, 3.8) is 0 Å². The molecular weight excluding hydrogens is 218 g/mol. The van der Waals surface area contributed by atoms with Gasteiger partial charge in [0.25, 0.3) is 0 Å². The van der Waals surface area contributed by atoms with E-state index in [1.54, 1.807) is 7.11 Å². The minimum Gasteiger partial charge on any atom is -0.382 e. The average Bonchev–Trinajstić information content (AvgIpc) is 2.28. The number of nitrogens with one attached hydrogen (secondary N) is 1. The highest BCUT2D eigenvalue weighted by atomic mass is 16.5. The van der Waals surface area contributed by atoms with Gasteiger partial charge in [-0.3, -0.25) is 0 Å². The van der Waals surface area contributed by atoms with E-state index >= 15 is 0 Å². The van der Waals surface area contributed by atoms with Gasteiger partial charge in [0.2, 0.25) is 0 Å². The van der Waals surface area contributed by atoms with Gasteiger partial charge in [-0.25, -0.2) is 0 Å². The predicted molar refractivity (Wildman–Crippen MR) is 70.4 cm³/mol. The van der Waals surface area contributed by atoms with Gasteiger partial charge in [0, 0.05) is 20.3 Å². The van der Waals surface area contributed by atoms with Crippen molar-refractivity contribution < 1.29 is 14.2 Å². The van der Waals surface area contributed by atoms with Crippen molar-refractivity contribution in [2.24, 2.45) is 5.92 Å². The quantitative estimate of drug-likeness (QED) is 0.533. The summed E-state index contributed by atoms with van der Waals surface area (Å²) in [5.74, 6) is 0.658. The van der Waals surface area contributed by atoms with E-state index in [-0.39, 0.29) is 6.10 Å². The minimum atomic E-state index is 0.115. The van der Waals surface area contributed by atoms with E-state index in [2.05, 4.69) is 26.1 Å². The van der Waals surface area contributed by atoms with Gasteiger partial charge >= 0.3 is 0 Å². The largest absolute Gasteiger partial charge is 0.382 e. The first kappa shape index (κ1) is 16.8. The maximum atomic E-state index is 5.70. The Morgan fingerprint density at radius 2 is 1.82 bits per heavy atom. The van der Waals surface area contributed by atoms with Gasteiger partial charge in [0.15, 0.2) is 0 Å². The number of methoxy groups -OCH3 is 1. The van der Waals surface area contributed by atoms with Gasteiger partial charge in [-0.2, -0.15) is 0 Å². The zero-order valence-corrected chi connectivity index (χ0v) is 11.8. The van der Waals surface area contributed by atoms with E-state index < -0.39 is 0 Å². The van der Waals surface area contributed by atoms with Crippen molar-refractivity contribution >= 4 is 0 Å². The Morgan fingerprint density at radius 1 is 1.06 bits per heavy atom. The SMILES string of the molecule is CCCOCCOC(CNCC(C)C)COC. The van der Waals surface area contributed by atoms with E-state index in [1.165, 1.54) is 0 Å². The number of rotatable bonds is 12. The van der Waals surface area contributed by atoms with E-state index in [9.17, 15) is 0 Å². The molecule has 0 rings (SSSR count). The summed E-state index contributed by atoms with van der Waals surface area (Å²) in [6.45, 7) is 11.1. The molecule has 1 atom stereocenters. The number of hydrogen-bond acceptors (Lipinski definition) is 4. The van der Waals surface area contributed by atoms with Crippen molar-refractivity contribution in [3.8, 4) is 0 Å². The van der Waals surface area contributed by atoms with E-state index in [0.29, 0.717) is 25.7 Å². The summed E-state index contributed by atoms with van der Waals surface area (Å²) in [6, 6.07) is 0. The van der Waals surface area contributed by atoms with Gasteiger partial charge in [-0.1, -0.05) is 20.8 Å². The number of ether oxygens (including phenoxy) is 3. The van der Waals surface area contributed by atoms with E-state index in [1.807, 2.05) is 0 Å². The number of hydrogen-bond donors (Lipinski definition) is 1. The highest BCUT2D eigenvalue weighted by Gasteiger charge is 2.08. The maximum Gasteiger partial charge on any atom is 0.0933 e. The third-order valence-corrected chi connectivity index (χ3v) is 2.21. The van der Waals surface area contributed by atoms with Gasteiger partial charge < -0.3 is 19.5 Å². The summed E-state index contributed by atoms with van der Waals surface area (Å²) >= 11 is 0. The van der Waals surface area contributed by atoms with Crippen LogP contribution >= 0.6 is 0 Å². The van der Waals surface area contributed by atoms with Gasteiger partial charge in [0.1, 0.15) is 0 Å². The van der Waals surface area contributed by atoms with Crippen LogP contribution in [0.2, 0.25) is 0 Å². The summed E-state index contributed by atoms with van der Waals surface area (Å²) in [5.41, 5.74) is 0. The molecule has 104 valence electrons. The van der Waals surface area contributed by atoms with Crippen LogP contribution in [0.25, 0.3) is 0 Å². The lowest BCUT2D eigenvalue weighted by Crippen LogP contribution is -2.35. The van der Waals surface area contributed by atoms with Crippen molar-refractivity contribution in [2.45, 2.75) is 33.3 Å². The highest BCUT2D eigenvalue weighted by molar-refractivity contribution is 4.62. The standard InChI is InChI=1S/C13H29NO3/c1-5-6-16-7-8-17-13(11-15-4)10-14-9-12(2)3/h12-14H,5-11H2,1-4H3. The first-order chi connectivity index (χ1) is 8.20. The Kier molecular flexibility index (Phi) is 12.2. The van der Waals surface area contributed by atoms with Crippen LogP contribution in [0.5, 0.6) is 0 Å². The fraction of sp³-hybridized carbons (Fsp3) is 1.00.